The number of primary sulfonamides is 1. The molecule has 0 unspecified atom stereocenters. The van der Waals surface area contributed by atoms with Crippen molar-refractivity contribution < 1.29 is 25.3 Å². The van der Waals surface area contributed by atoms with E-state index >= 15 is 0 Å². The van der Waals surface area contributed by atoms with E-state index in [2.05, 4.69) is 4.72 Å². The van der Waals surface area contributed by atoms with Crippen LogP contribution in [-0.2, 0) is 30.1 Å². The van der Waals surface area contributed by atoms with Crippen LogP contribution in [0.1, 0.15) is 5.56 Å². The minimum Gasteiger partial charge on any atom is -0.280 e. The van der Waals surface area contributed by atoms with Gasteiger partial charge in [0.25, 0.3) is 10.0 Å². The highest BCUT2D eigenvalue weighted by Gasteiger charge is 2.20. The molecular weight excluding hydrogens is 414 g/mol. The first-order valence-electron chi connectivity index (χ1n) is 7.44. The van der Waals surface area contributed by atoms with Crippen LogP contribution in [0, 0.1) is 6.92 Å². The maximum atomic E-state index is 12.5. The van der Waals surface area contributed by atoms with Crippen LogP contribution in [0.4, 0.5) is 5.69 Å². The van der Waals surface area contributed by atoms with Gasteiger partial charge in [-0.2, -0.15) is 0 Å². The number of hydrogen-bond donors (Lipinski definition) is 2. The van der Waals surface area contributed by atoms with Crippen LogP contribution in [0.25, 0.3) is 0 Å². The minimum absolute atomic E-state index is 0.00890. The Labute approximate surface area is 159 Å². The monoisotopic (exact) mass is 433 g/mol. The van der Waals surface area contributed by atoms with Crippen molar-refractivity contribution in [2.45, 2.75) is 21.6 Å². The SMILES string of the molecule is Cc1ccc(NS(=O)(=O)c2ccc(S(=O)(=O)N(C)C)cc2)cc1S(N)(=O)=O. The average Bonchev–Trinajstić information content (AvgIpc) is 2.55. The molecule has 0 amide bonds. The number of hydrogen-bond acceptors (Lipinski definition) is 6. The molecule has 0 saturated carbocycles. The van der Waals surface area contributed by atoms with Crippen molar-refractivity contribution in [2.75, 3.05) is 18.8 Å². The van der Waals surface area contributed by atoms with Crippen molar-refractivity contribution in [1.82, 2.24) is 4.31 Å². The van der Waals surface area contributed by atoms with Crippen LogP contribution >= 0.6 is 0 Å². The Kier molecular flexibility index (Phi) is 5.69. The number of anilines is 1. The molecule has 0 radical (unpaired) electrons. The van der Waals surface area contributed by atoms with Crippen LogP contribution < -0.4 is 9.86 Å². The van der Waals surface area contributed by atoms with Gasteiger partial charge >= 0.3 is 0 Å². The standard InChI is InChI=1S/C15H19N3O6S3/c1-11-4-5-12(10-15(11)25(16,19)20)17-26(21,22)13-6-8-14(9-7-13)27(23,24)18(2)3/h4-10,17H,1-3H3,(H2,16,19,20). The van der Waals surface area contributed by atoms with Crippen LogP contribution in [0.2, 0.25) is 0 Å². The van der Waals surface area contributed by atoms with E-state index in [1.807, 2.05) is 0 Å². The van der Waals surface area contributed by atoms with E-state index in [0.717, 1.165) is 22.5 Å². The molecule has 0 saturated heterocycles. The first-order valence-corrected chi connectivity index (χ1v) is 11.9. The summed E-state index contributed by atoms with van der Waals surface area (Å²) < 4.78 is 75.5. The molecule has 0 aliphatic heterocycles. The largest absolute Gasteiger partial charge is 0.280 e. The lowest BCUT2D eigenvalue weighted by Gasteiger charge is -2.13. The van der Waals surface area contributed by atoms with Gasteiger partial charge < -0.3 is 0 Å². The number of nitrogens with zero attached hydrogens (tertiary/aromatic N) is 1. The van der Waals surface area contributed by atoms with E-state index in [4.69, 9.17) is 5.14 Å². The summed E-state index contributed by atoms with van der Waals surface area (Å²) in [4.78, 5) is -0.439. The van der Waals surface area contributed by atoms with E-state index in [1.54, 1.807) is 0 Å². The predicted octanol–water partition coefficient (Wildman–Crippen LogP) is 0.694. The van der Waals surface area contributed by atoms with Gasteiger partial charge in [0.2, 0.25) is 20.0 Å². The molecule has 12 heteroatoms. The highest BCUT2D eigenvalue weighted by molar-refractivity contribution is 7.92. The van der Waals surface area contributed by atoms with Crippen LogP contribution in [0.5, 0.6) is 0 Å². The number of benzene rings is 2. The maximum absolute atomic E-state index is 12.5. The molecule has 148 valence electrons. The molecule has 0 bridgehead atoms. The zero-order valence-corrected chi connectivity index (χ0v) is 17.2. The third kappa shape index (κ3) is 4.65. The van der Waals surface area contributed by atoms with Gasteiger partial charge in [-0.25, -0.2) is 34.7 Å². The van der Waals surface area contributed by atoms with E-state index in [0.29, 0.717) is 5.56 Å². The topological polar surface area (TPSA) is 144 Å². The summed E-state index contributed by atoms with van der Waals surface area (Å²) in [5.74, 6) is 0. The molecule has 3 N–H and O–H groups in total. The molecule has 2 rings (SSSR count). The van der Waals surface area contributed by atoms with Crippen molar-refractivity contribution in [1.29, 1.82) is 0 Å². The Morgan fingerprint density at radius 2 is 1.37 bits per heavy atom. The Morgan fingerprint density at radius 3 is 1.85 bits per heavy atom. The van der Waals surface area contributed by atoms with Gasteiger partial charge in [-0.05, 0) is 48.9 Å². The number of nitrogens with two attached hydrogens (primary N) is 1. The van der Waals surface area contributed by atoms with Gasteiger partial charge in [-0.15, -0.1) is 0 Å². The van der Waals surface area contributed by atoms with Gasteiger partial charge in [0.05, 0.1) is 20.4 Å². The van der Waals surface area contributed by atoms with Crippen LogP contribution in [-0.4, -0.2) is 43.7 Å². The lowest BCUT2D eigenvalue weighted by Crippen LogP contribution is -2.22. The summed E-state index contributed by atoms with van der Waals surface area (Å²) in [6.07, 6.45) is 0. The molecule has 0 aliphatic rings. The van der Waals surface area contributed by atoms with E-state index in [1.165, 1.54) is 45.3 Å². The fourth-order valence-corrected chi connectivity index (χ4v) is 4.94. The van der Waals surface area contributed by atoms with Gasteiger partial charge in [0.1, 0.15) is 0 Å². The van der Waals surface area contributed by atoms with E-state index in [-0.39, 0.29) is 20.4 Å². The van der Waals surface area contributed by atoms with Crippen molar-refractivity contribution in [2.24, 2.45) is 5.14 Å². The summed E-state index contributed by atoms with van der Waals surface area (Å²) in [5.41, 5.74) is 0.383. The summed E-state index contributed by atoms with van der Waals surface area (Å²) >= 11 is 0. The molecular formula is C15H19N3O6S3. The Bertz CT molecular complexity index is 1170. The second kappa shape index (κ2) is 7.20. The molecule has 0 fully saturated rings. The van der Waals surface area contributed by atoms with E-state index < -0.39 is 30.1 Å². The normalized spacial score (nSPS) is 12.9. The summed E-state index contributed by atoms with van der Waals surface area (Å²) in [5, 5.41) is 5.12. The van der Waals surface area contributed by atoms with Crippen molar-refractivity contribution >= 4 is 35.8 Å². The second-order valence-electron chi connectivity index (χ2n) is 5.89. The summed E-state index contributed by atoms with van der Waals surface area (Å²) in [7, 11) is -9.04. The summed E-state index contributed by atoms with van der Waals surface area (Å²) in [6.45, 7) is 1.53. The molecule has 0 spiro atoms. The fourth-order valence-electron chi connectivity index (χ4n) is 2.19. The lowest BCUT2D eigenvalue weighted by molar-refractivity contribution is 0.520. The predicted molar refractivity (Wildman–Crippen MR) is 101 cm³/mol. The quantitative estimate of drug-likeness (QED) is 0.686. The third-order valence-electron chi connectivity index (χ3n) is 3.66. The highest BCUT2D eigenvalue weighted by atomic mass is 32.2. The first-order chi connectivity index (χ1) is 12.2. The molecule has 27 heavy (non-hydrogen) atoms. The molecule has 0 aromatic heterocycles. The minimum atomic E-state index is -4.07. The average molecular weight is 434 g/mol. The molecule has 0 aliphatic carbocycles. The van der Waals surface area contributed by atoms with Gasteiger partial charge in [0, 0.05) is 14.1 Å². The van der Waals surface area contributed by atoms with Gasteiger partial charge in [-0.1, -0.05) is 6.07 Å². The molecule has 2 aromatic carbocycles. The maximum Gasteiger partial charge on any atom is 0.261 e. The highest BCUT2D eigenvalue weighted by Crippen LogP contribution is 2.23. The number of aryl methyl sites for hydroxylation is 1. The van der Waals surface area contributed by atoms with Crippen molar-refractivity contribution in [3.05, 3.63) is 48.0 Å². The van der Waals surface area contributed by atoms with Crippen LogP contribution in [0.3, 0.4) is 0 Å². The molecule has 9 nitrogen and oxygen atoms in total. The Balaban J connectivity index is 2.38. The lowest BCUT2D eigenvalue weighted by atomic mass is 10.2. The third-order valence-corrected chi connectivity index (χ3v) is 7.94. The second-order valence-corrected chi connectivity index (χ2v) is 11.3. The van der Waals surface area contributed by atoms with Crippen molar-refractivity contribution in [3.8, 4) is 0 Å². The zero-order valence-electron chi connectivity index (χ0n) is 14.7. The first kappa shape index (κ1) is 21.3. The van der Waals surface area contributed by atoms with E-state index in [9.17, 15) is 25.3 Å². The molecule has 0 atom stereocenters. The van der Waals surface area contributed by atoms with Gasteiger partial charge in [-0.3, -0.25) is 4.72 Å². The fraction of sp³-hybridized carbons (Fsp3) is 0.200. The van der Waals surface area contributed by atoms with Gasteiger partial charge in [0.15, 0.2) is 0 Å². The molecule has 0 heterocycles. The van der Waals surface area contributed by atoms with Crippen molar-refractivity contribution in [3.63, 3.8) is 0 Å². The number of sulfonamides is 3. The number of rotatable bonds is 6. The summed E-state index contributed by atoms with van der Waals surface area (Å²) in [6, 6.07) is 8.58. The Hall–Kier alpha value is -1.99. The Morgan fingerprint density at radius 1 is 0.852 bits per heavy atom. The zero-order chi connectivity index (χ0) is 20.6. The molecule has 2 aromatic rings. The van der Waals surface area contributed by atoms with Crippen LogP contribution in [0.15, 0.2) is 57.2 Å². The number of nitrogens with one attached hydrogen (secondary N) is 1. The smallest absolute Gasteiger partial charge is 0.261 e.